The van der Waals surface area contributed by atoms with E-state index in [0.717, 1.165) is 0 Å². The van der Waals surface area contributed by atoms with E-state index in [2.05, 4.69) is 5.32 Å². The standard InChI is InChI=1S/C17H16FNO2/c18-14-9-5-4-8-12(14)13-10-15(13)19-17(21)16(20)11-6-2-1-3-7-11/h1-9,13,15-16,20H,10H2,(H,19,21). The van der Waals surface area contributed by atoms with Crippen LogP contribution >= 0.6 is 0 Å². The lowest BCUT2D eigenvalue weighted by atomic mass is 10.1. The molecule has 3 rings (SSSR count). The van der Waals surface area contributed by atoms with Crippen LogP contribution in [0.3, 0.4) is 0 Å². The van der Waals surface area contributed by atoms with Crippen molar-refractivity contribution in [3.63, 3.8) is 0 Å². The van der Waals surface area contributed by atoms with E-state index in [4.69, 9.17) is 0 Å². The zero-order valence-electron chi connectivity index (χ0n) is 11.4. The van der Waals surface area contributed by atoms with E-state index in [9.17, 15) is 14.3 Å². The Hall–Kier alpha value is -2.20. The third-order valence-corrected chi connectivity index (χ3v) is 3.79. The number of carbonyl (C=O) groups excluding carboxylic acids is 1. The molecule has 1 saturated carbocycles. The molecule has 1 fully saturated rings. The highest BCUT2D eigenvalue weighted by atomic mass is 19.1. The topological polar surface area (TPSA) is 49.3 Å². The van der Waals surface area contributed by atoms with Crippen LogP contribution in [0, 0.1) is 5.82 Å². The van der Waals surface area contributed by atoms with Gasteiger partial charge in [-0.15, -0.1) is 0 Å². The zero-order valence-corrected chi connectivity index (χ0v) is 11.4. The first-order valence-electron chi connectivity index (χ1n) is 6.94. The number of nitrogens with one attached hydrogen (secondary N) is 1. The van der Waals surface area contributed by atoms with Gasteiger partial charge in [0.05, 0.1) is 0 Å². The molecule has 0 bridgehead atoms. The van der Waals surface area contributed by atoms with Gasteiger partial charge in [0, 0.05) is 12.0 Å². The minimum absolute atomic E-state index is 0.00174. The van der Waals surface area contributed by atoms with Gasteiger partial charge < -0.3 is 10.4 Å². The summed E-state index contributed by atoms with van der Waals surface area (Å²) in [5.41, 5.74) is 1.18. The average Bonchev–Trinajstić information content (AvgIpc) is 3.26. The molecule has 3 nitrogen and oxygen atoms in total. The van der Waals surface area contributed by atoms with E-state index in [1.807, 2.05) is 6.07 Å². The van der Waals surface area contributed by atoms with Gasteiger partial charge in [0.1, 0.15) is 5.82 Å². The van der Waals surface area contributed by atoms with E-state index in [1.54, 1.807) is 42.5 Å². The van der Waals surface area contributed by atoms with E-state index in [0.29, 0.717) is 17.5 Å². The summed E-state index contributed by atoms with van der Waals surface area (Å²) < 4.78 is 13.7. The highest BCUT2D eigenvalue weighted by Crippen LogP contribution is 2.42. The number of benzene rings is 2. The molecule has 1 aliphatic rings. The molecule has 0 spiro atoms. The first kappa shape index (κ1) is 13.8. The second-order valence-corrected chi connectivity index (χ2v) is 5.29. The van der Waals surface area contributed by atoms with Gasteiger partial charge >= 0.3 is 0 Å². The Labute approximate surface area is 122 Å². The van der Waals surface area contributed by atoms with E-state index < -0.39 is 12.0 Å². The number of halogens is 1. The number of hydrogen-bond donors (Lipinski definition) is 2. The minimum Gasteiger partial charge on any atom is -0.378 e. The molecule has 2 N–H and O–H groups in total. The summed E-state index contributed by atoms with van der Waals surface area (Å²) >= 11 is 0. The van der Waals surface area contributed by atoms with Gasteiger partial charge in [-0.25, -0.2) is 4.39 Å². The average molecular weight is 285 g/mol. The summed E-state index contributed by atoms with van der Waals surface area (Å²) in [6.07, 6.45) is -0.484. The van der Waals surface area contributed by atoms with Crippen molar-refractivity contribution in [1.82, 2.24) is 5.32 Å². The molecule has 3 unspecified atom stereocenters. The van der Waals surface area contributed by atoms with Crippen LogP contribution in [-0.4, -0.2) is 17.1 Å². The summed E-state index contributed by atoms with van der Waals surface area (Å²) in [5.74, 6) is -0.689. The Morgan fingerprint density at radius 3 is 2.52 bits per heavy atom. The van der Waals surface area contributed by atoms with Crippen molar-refractivity contribution >= 4 is 5.91 Å². The lowest BCUT2D eigenvalue weighted by Gasteiger charge is -2.11. The molecule has 2 aromatic carbocycles. The van der Waals surface area contributed by atoms with Crippen molar-refractivity contribution in [3.05, 3.63) is 71.5 Å². The van der Waals surface area contributed by atoms with Crippen LogP contribution in [0.25, 0.3) is 0 Å². The van der Waals surface area contributed by atoms with Gasteiger partial charge in [-0.2, -0.15) is 0 Å². The van der Waals surface area contributed by atoms with Crippen LogP contribution in [0.2, 0.25) is 0 Å². The molecule has 21 heavy (non-hydrogen) atoms. The van der Waals surface area contributed by atoms with Gasteiger partial charge in [-0.3, -0.25) is 4.79 Å². The summed E-state index contributed by atoms with van der Waals surface area (Å²) in [6.45, 7) is 0. The number of hydrogen-bond acceptors (Lipinski definition) is 2. The largest absolute Gasteiger partial charge is 0.378 e. The SMILES string of the molecule is O=C(NC1CC1c1ccccc1F)C(O)c1ccccc1. The third-order valence-electron chi connectivity index (χ3n) is 3.79. The van der Waals surface area contributed by atoms with Crippen molar-refractivity contribution in [2.24, 2.45) is 0 Å². The summed E-state index contributed by atoms with van der Waals surface area (Å²) in [6, 6.07) is 15.2. The van der Waals surface area contributed by atoms with Crippen LogP contribution in [-0.2, 0) is 4.79 Å². The minimum atomic E-state index is -1.19. The van der Waals surface area contributed by atoms with Crippen molar-refractivity contribution in [2.45, 2.75) is 24.5 Å². The number of aliphatic hydroxyl groups is 1. The third kappa shape index (κ3) is 2.95. The number of rotatable bonds is 4. The number of aliphatic hydroxyl groups excluding tert-OH is 1. The summed E-state index contributed by atoms with van der Waals surface area (Å²) in [5, 5.41) is 12.8. The summed E-state index contributed by atoms with van der Waals surface area (Å²) in [4.78, 5) is 12.0. The fourth-order valence-corrected chi connectivity index (χ4v) is 2.52. The molecule has 0 aliphatic heterocycles. The molecule has 1 aliphatic carbocycles. The van der Waals surface area contributed by atoms with Crippen molar-refractivity contribution in [1.29, 1.82) is 0 Å². The Balaban J connectivity index is 1.62. The second kappa shape index (κ2) is 5.66. The Kier molecular flexibility index (Phi) is 3.71. The fraction of sp³-hybridized carbons (Fsp3) is 0.235. The first-order chi connectivity index (χ1) is 10.2. The number of carbonyl (C=O) groups is 1. The molecule has 2 aromatic rings. The molecule has 1 amide bonds. The van der Waals surface area contributed by atoms with Crippen LogP contribution in [0.15, 0.2) is 54.6 Å². The van der Waals surface area contributed by atoms with Gasteiger partial charge in [-0.05, 0) is 23.6 Å². The zero-order chi connectivity index (χ0) is 14.8. The molecule has 4 heteroatoms. The van der Waals surface area contributed by atoms with Gasteiger partial charge in [0.2, 0.25) is 0 Å². The Bertz CT molecular complexity index is 644. The molecule has 108 valence electrons. The molecule has 0 radical (unpaired) electrons. The fourth-order valence-electron chi connectivity index (χ4n) is 2.52. The van der Waals surface area contributed by atoms with Crippen LogP contribution in [0.1, 0.15) is 29.6 Å². The van der Waals surface area contributed by atoms with E-state index in [1.165, 1.54) is 6.07 Å². The maximum atomic E-state index is 13.7. The molecule has 0 aromatic heterocycles. The van der Waals surface area contributed by atoms with Crippen molar-refractivity contribution < 1.29 is 14.3 Å². The highest BCUT2D eigenvalue weighted by Gasteiger charge is 2.41. The van der Waals surface area contributed by atoms with Crippen LogP contribution in [0.4, 0.5) is 4.39 Å². The second-order valence-electron chi connectivity index (χ2n) is 5.29. The highest BCUT2D eigenvalue weighted by molar-refractivity contribution is 5.82. The lowest BCUT2D eigenvalue weighted by Crippen LogP contribution is -2.31. The molecule has 0 heterocycles. The maximum absolute atomic E-state index is 13.7. The van der Waals surface area contributed by atoms with Crippen molar-refractivity contribution in [3.8, 4) is 0 Å². The predicted octanol–water partition coefficient (Wildman–Crippen LogP) is 2.53. The molecular weight excluding hydrogens is 269 g/mol. The first-order valence-corrected chi connectivity index (χ1v) is 6.94. The molecule has 3 atom stereocenters. The normalized spacial score (nSPS) is 21.6. The monoisotopic (exact) mass is 285 g/mol. The maximum Gasteiger partial charge on any atom is 0.253 e. The lowest BCUT2D eigenvalue weighted by molar-refractivity contribution is -0.129. The Morgan fingerprint density at radius 2 is 1.81 bits per heavy atom. The van der Waals surface area contributed by atoms with E-state index >= 15 is 0 Å². The van der Waals surface area contributed by atoms with Gasteiger partial charge in [0.25, 0.3) is 5.91 Å². The molecule has 0 saturated heterocycles. The smallest absolute Gasteiger partial charge is 0.253 e. The summed E-state index contributed by atoms with van der Waals surface area (Å²) in [7, 11) is 0. The quantitative estimate of drug-likeness (QED) is 0.907. The van der Waals surface area contributed by atoms with Crippen molar-refractivity contribution in [2.75, 3.05) is 0 Å². The van der Waals surface area contributed by atoms with Gasteiger partial charge in [-0.1, -0.05) is 48.5 Å². The number of amides is 1. The Morgan fingerprint density at radius 1 is 1.14 bits per heavy atom. The van der Waals surface area contributed by atoms with Crippen LogP contribution in [0.5, 0.6) is 0 Å². The molecular formula is C17H16FNO2. The predicted molar refractivity (Wildman–Crippen MR) is 77.1 cm³/mol. The van der Waals surface area contributed by atoms with E-state index in [-0.39, 0.29) is 17.8 Å². The van der Waals surface area contributed by atoms with Gasteiger partial charge in [0.15, 0.2) is 6.10 Å². The van der Waals surface area contributed by atoms with Crippen LogP contribution < -0.4 is 5.32 Å².